The predicted molar refractivity (Wildman–Crippen MR) is 75.6 cm³/mol. The third kappa shape index (κ3) is 1.99. The van der Waals surface area contributed by atoms with Crippen LogP contribution >= 0.6 is 11.3 Å². The van der Waals surface area contributed by atoms with Gasteiger partial charge in [-0.05, 0) is 37.2 Å². The van der Waals surface area contributed by atoms with E-state index in [1.165, 1.54) is 47.4 Å². The molecule has 2 nitrogen and oxygen atoms in total. The van der Waals surface area contributed by atoms with Crippen LogP contribution in [0.3, 0.4) is 0 Å². The zero-order chi connectivity index (χ0) is 12.5. The Kier molecular flexibility index (Phi) is 3.42. The monoisotopic (exact) mass is 263 g/mol. The number of nitrogens with one attached hydrogen (secondary N) is 1. The van der Waals surface area contributed by atoms with E-state index in [0.717, 1.165) is 24.9 Å². The highest BCUT2D eigenvalue weighted by Gasteiger charge is 2.30. The van der Waals surface area contributed by atoms with Gasteiger partial charge in [-0.2, -0.15) is 0 Å². The molecule has 0 radical (unpaired) electrons. The van der Waals surface area contributed by atoms with Crippen LogP contribution < -0.4 is 5.32 Å². The molecule has 1 saturated carbocycles. The van der Waals surface area contributed by atoms with E-state index >= 15 is 0 Å². The van der Waals surface area contributed by atoms with Crippen LogP contribution in [0.4, 0.5) is 0 Å². The maximum Gasteiger partial charge on any atom is 0.252 e. The molecule has 0 spiro atoms. The van der Waals surface area contributed by atoms with Crippen molar-refractivity contribution in [1.29, 1.82) is 0 Å². The van der Waals surface area contributed by atoms with Crippen molar-refractivity contribution in [2.24, 2.45) is 0 Å². The van der Waals surface area contributed by atoms with E-state index in [2.05, 4.69) is 12.2 Å². The fourth-order valence-electron chi connectivity index (χ4n) is 3.43. The number of carbonyl (C=O) groups is 1. The molecule has 1 aliphatic carbocycles. The van der Waals surface area contributed by atoms with Crippen LogP contribution in [0.25, 0.3) is 0 Å². The summed E-state index contributed by atoms with van der Waals surface area (Å²) < 4.78 is 0. The summed E-state index contributed by atoms with van der Waals surface area (Å²) in [6, 6.07) is 0. The quantitative estimate of drug-likeness (QED) is 0.867. The minimum atomic E-state index is 0.188. The summed E-state index contributed by atoms with van der Waals surface area (Å²) in [4.78, 5) is 15.0. The van der Waals surface area contributed by atoms with Crippen LogP contribution in [0.15, 0.2) is 0 Å². The lowest BCUT2D eigenvalue weighted by molar-refractivity contribution is 0.0945. The Morgan fingerprint density at radius 1 is 1.28 bits per heavy atom. The minimum absolute atomic E-state index is 0.188. The van der Waals surface area contributed by atoms with Gasteiger partial charge in [-0.1, -0.05) is 26.2 Å². The van der Waals surface area contributed by atoms with Crippen LogP contribution in [0.1, 0.15) is 70.6 Å². The highest BCUT2D eigenvalue weighted by molar-refractivity contribution is 7.12. The number of aryl methyl sites for hydroxylation is 1. The van der Waals surface area contributed by atoms with Gasteiger partial charge in [0.05, 0.1) is 5.56 Å². The van der Waals surface area contributed by atoms with Crippen LogP contribution in [-0.4, -0.2) is 12.5 Å². The molecule has 98 valence electrons. The minimum Gasteiger partial charge on any atom is -0.352 e. The summed E-state index contributed by atoms with van der Waals surface area (Å²) in [7, 11) is 0. The number of rotatable bonds is 2. The number of hydrogen-bond donors (Lipinski definition) is 1. The molecule has 0 unspecified atom stereocenters. The zero-order valence-electron chi connectivity index (χ0n) is 11.1. The first kappa shape index (κ1) is 12.2. The Hall–Kier alpha value is -0.830. The van der Waals surface area contributed by atoms with Crippen molar-refractivity contribution in [3.05, 3.63) is 20.9 Å². The van der Waals surface area contributed by atoms with Gasteiger partial charge < -0.3 is 5.32 Å². The SMILES string of the molecule is CCc1sc2c(c1C1CCCCC1)C(=O)NCC2. The molecular formula is C15H21NOS. The maximum absolute atomic E-state index is 12.2. The molecular weight excluding hydrogens is 242 g/mol. The first-order chi connectivity index (χ1) is 8.81. The summed E-state index contributed by atoms with van der Waals surface area (Å²) in [6.07, 6.45) is 8.71. The lowest BCUT2D eigenvalue weighted by atomic mass is 9.81. The van der Waals surface area contributed by atoms with Crippen LogP contribution in [0.5, 0.6) is 0 Å². The highest BCUT2D eigenvalue weighted by atomic mass is 32.1. The van der Waals surface area contributed by atoms with Gasteiger partial charge in [0.15, 0.2) is 0 Å². The molecule has 1 N–H and O–H groups in total. The fraction of sp³-hybridized carbons (Fsp3) is 0.667. The van der Waals surface area contributed by atoms with Gasteiger partial charge in [0.25, 0.3) is 5.91 Å². The van der Waals surface area contributed by atoms with Crippen LogP contribution in [0.2, 0.25) is 0 Å². The number of thiophene rings is 1. The Balaban J connectivity index is 2.05. The molecule has 1 aromatic rings. The summed E-state index contributed by atoms with van der Waals surface area (Å²) in [5.41, 5.74) is 2.49. The van der Waals surface area contributed by atoms with Gasteiger partial charge in [-0.3, -0.25) is 4.79 Å². The molecule has 0 atom stereocenters. The number of amides is 1. The molecule has 1 amide bonds. The molecule has 3 rings (SSSR count). The van der Waals surface area contributed by atoms with E-state index in [9.17, 15) is 4.79 Å². The molecule has 0 saturated heterocycles. The summed E-state index contributed by atoms with van der Waals surface area (Å²) in [5, 5.41) is 3.02. The van der Waals surface area contributed by atoms with Crippen molar-refractivity contribution in [1.82, 2.24) is 5.32 Å². The van der Waals surface area contributed by atoms with E-state index in [1.807, 2.05) is 11.3 Å². The molecule has 0 bridgehead atoms. The molecule has 2 heterocycles. The highest BCUT2D eigenvalue weighted by Crippen LogP contribution is 2.42. The van der Waals surface area contributed by atoms with Crippen molar-refractivity contribution in [3.8, 4) is 0 Å². The Morgan fingerprint density at radius 2 is 2.06 bits per heavy atom. The van der Waals surface area contributed by atoms with Crippen LogP contribution in [0, 0.1) is 0 Å². The second kappa shape index (κ2) is 5.04. The van der Waals surface area contributed by atoms with Crippen molar-refractivity contribution in [3.63, 3.8) is 0 Å². The summed E-state index contributed by atoms with van der Waals surface area (Å²) in [5.74, 6) is 0.838. The van der Waals surface area contributed by atoms with Gasteiger partial charge in [0.1, 0.15) is 0 Å². The molecule has 1 fully saturated rings. The second-order valence-corrected chi connectivity index (χ2v) is 6.62. The Labute approximate surface area is 113 Å². The van der Waals surface area contributed by atoms with Gasteiger partial charge in [0, 0.05) is 16.3 Å². The van der Waals surface area contributed by atoms with E-state index < -0.39 is 0 Å². The number of fused-ring (bicyclic) bond motifs is 1. The maximum atomic E-state index is 12.2. The molecule has 1 aromatic heterocycles. The average Bonchev–Trinajstić information content (AvgIpc) is 2.79. The van der Waals surface area contributed by atoms with E-state index in [4.69, 9.17) is 0 Å². The van der Waals surface area contributed by atoms with E-state index in [-0.39, 0.29) is 5.91 Å². The second-order valence-electron chi connectivity index (χ2n) is 5.43. The zero-order valence-corrected chi connectivity index (χ0v) is 11.9. The first-order valence-corrected chi connectivity index (χ1v) is 8.05. The summed E-state index contributed by atoms with van der Waals surface area (Å²) >= 11 is 1.90. The van der Waals surface area contributed by atoms with Gasteiger partial charge >= 0.3 is 0 Å². The van der Waals surface area contributed by atoms with Gasteiger partial charge in [-0.25, -0.2) is 0 Å². The fourth-order valence-corrected chi connectivity index (χ4v) is 4.76. The van der Waals surface area contributed by atoms with Gasteiger partial charge in [-0.15, -0.1) is 11.3 Å². The van der Waals surface area contributed by atoms with Crippen molar-refractivity contribution < 1.29 is 4.79 Å². The molecule has 18 heavy (non-hydrogen) atoms. The molecule has 3 heteroatoms. The molecule has 2 aliphatic rings. The number of hydrogen-bond acceptors (Lipinski definition) is 2. The van der Waals surface area contributed by atoms with Crippen molar-refractivity contribution >= 4 is 17.2 Å². The van der Waals surface area contributed by atoms with E-state index in [1.54, 1.807) is 0 Å². The normalized spacial score (nSPS) is 20.6. The molecule has 1 aliphatic heterocycles. The van der Waals surface area contributed by atoms with Crippen molar-refractivity contribution in [2.45, 2.75) is 57.8 Å². The third-order valence-corrected chi connectivity index (χ3v) is 5.70. The third-order valence-electron chi connectivity index (χ3n) is 4.29. The lowest BCUT2D eigenvalue weighted by Crippen LogP contribution is -2.32. The topological polar surface area (TPSA) is 29.1 Å². The standard InChI is InChI=1S/C15H21NOS/c1-2-11-13(10-6-4-3-5-7-10)14-12(18-11)8-9-16-15(14)17/h10H,2-9H2,1H3,(H,16,17). The van der Waals surface area contributed by atoms with Crippen molar-refractivity contribution in [2.75, 3.05) is 6.54 Å². The van der Waals surface area contributed by atoms with Gasteiger partial charge in [0.2, 0.25) is 0 Å². The molecule has 0 aromatic carbocycles. The average molecular weight is 263 g/mol. The Morgan fingerprint density at radius 3 is 2.78 bits per heavy atom. The lowest BCUT2D eigenvalue weighted by Gasteiger charge is -2.24. The smallest absolute Gasteiger partial charge is 0.252 e. The first-order valence-electron chi connectivity index (χ1n) is 7.24. The van der Waals surface area contributed by atoms with Crippen LogP contribution in [-0.2, 0) is 12.8 Å². The number of carbonyl (C=O) groups excluding carboxylic acids is 1. The van der Waals surface area contributed by atoms with E-state index in [0.29, 0.717) is 5.92 Å². The predicted octanol–water partition coefficient (Wildman–Crippen LogP) is 3.64. The summed E-state index contributed by atoms with van der Waals surface area (Å²) in [6.45, 7) is 3.04. The Bertz CT molecular complexity index is 457. The largest absolute Gasteiger partial charge is 0.352 e.